The highest BCUT2D eigenvalue weighted by atomic mass is 32.2. The molecule has 3 aromatic rings. The molecule has 31 heavy (non-hydrogen) atoms. The van der Waals surface area contributed by atoms with E-state index in [0.29, 0.717) is 11.4 Å². The molecule has 0 bridgehead atoms. The Morgan fingerprint density at radius 1 is 0.710 bits per heavy atom. The number of piperazine rings is 1. The Hall–Kier alpha value is -2.53. The quantitative estimate of drug-likeness (QED) is 0.582. The molecule has 0 spiro atoms. The highest BCUT2D eigenvalue weighted by Crippen LogP contribution is 2.27. The van der Waals surface area contributed by atoms with Gasteiger partial charge in [-0.15, -0.1) is 0 Å². The Kier molecular flexibility index (Phi) is 5.73. The van der Waals surface area contributed by atoms with Crippen molar-refractivity contribution in [2.24, 2.45) is 0 Å². The van der Waals surface area contributed by atoms with Gasteiger partial charge in [0.15, 0.2) is 0 Å². The van der Waals surface area contributed by atoms with Crippen LogP contribution in [0.2, 0.25) is 0 Å². The first kappa shape index (κ1) is 21.7. The summed E-state index contributed by atoms with van der Waals surface area (Å²) in [5.41, 5.74) is 1.73. The van der Waals surface area contributed by atoms with E-state index in [9.17, 15) is 16.8 Å². The molecule has 8 nitrogen and oxygen atoms in total. The topological polar surface area (TPSA) is 92.6 Å². The molecule has 0 saturated carbocycles. The molecule has 0 unspecified atom stereocenters. The summed E-state index contributed by atoms with van der Waals surface area (Å²) in [7, 11) is -7.46. The predicted octanol–water partition coefficient (Wildman–Crippen LogP) is 2.18. The van der Waals surface area contributed by atoms with Crippen molar-refractivity contribution in [2.75, 3.05) is 26.2 Å². The lowest BCUT2D eigenvalue weighted by Crippen LogP contribution is -2.50. The predicted molar refractivity (Wildman–Crippen MR) is 117 cm³/mol. The van der Waals surface area contributed by atoms with Gasteiger partial charge in [0.25, 0.3) is 0 Å². The number of rotatable bonds is 5. The Morgan fingerprint density at radius 3 is 1.74 bits per heavy atom. The normalized spacial score (nSPS) is 16.5. The summed E-state index contributed by atoms with van der Waals surface area (Å²) in [4.78, 5) is 0.387. The first-order chi connectivity index (χ1) is 14.7. The summed E-state index contributed by atoms with van der Waals surface area (Å²) in [6.45, 7) is 3.78. The van der Waals surface area contributed by atoms with Crippen molar-refractivity contribution in [1.82, 2.24) is 18.4 Å². The molecule has 1 aromatic heterocycles. The monoisotopic (exact) mass is 460 g/mol. The minimum Gasteiger partial charge on any atom is -0.236 e. The van der Waals surface area contributed by atoms with E-state index in [1.165, 1.54) is 8.61 Å². The maximum Gasteiger partial charge on any atom is 0.246 e. The lowest BCUT2D eigenvalue weighted by Gasteiger charge is -2.33. The maximum absolute atomic E-state index is 13.4. The summed E-state index contributed by atoms with van der Waals surface area (Å²) < 4.78 is 56.8. The molecule has 0 radical (unpaired) electrons. The first-order valence-corrected chi connectivity index (χ1v) is 12.8. The largest absolute Gasteiger partial charge is 0.246 e. The van der Waals surface area contributed by atoms with Gasteiger partial charge in [0.05, 0.1) is 22.0 Å². The van der Waals surface area contributed by atoms with Gasteiger partial charge < -0.3 is 0 Å². The lowest BCUT2D eigenvalue weighted by molar-refractivity contribution is 0.272. The molecular formula is C21H24N4O4S2. The molecule has 4 rings (SSSR count). The number of benzene rings is 2. The van der Waals surface area contributed by atoms with Crippen LogP contribution in [0, 0.1) is 13.8 Å². The average Bonchev–Trinajstić information content (AvgIpc) is 3.09. The smallest absolute Gasteiger partial charge is 0.236 e. The standard InChI is InChI=1S/C21H24N4O4S2/c1-17-21(18(2)25(22-17)19-9-5-3-6-10-19)31(28,29)24-15-13-23(14-16-24)30(26,27)20-11-7-4-8-12-20/h3-12H,13-16H2,1-2H3. The first-order valence-electron chi connectivity index (χ1n) is 9.90. The second-order valence-corrected chi connectivity index (χ2v) is 11.2. The van der Waals surface area contributed by atoms with Crippen LogP contribution in [0.5, 0.6) is 0 Å². The Morgan fingerprint density at radius 2 is 1.19 bits per heavy atom. The van der Waals surface area contributed by atoms with Crippen LogP contribution in [-0.4, -0.2) is 61.4 Å². The van der Waals surface area contributed by atoms with Crippen molar-refractivity contribution in [2.45, 2.75) is 23.6 Å². The minimum atomic E-state index is -3.82. The van der Waals surface area contributed by atoms with Crippen molar-refractivity contribution in [3.8, 4) is 5.69 Å². The van der Waals surface area contributed by atoms with Crippen LogP contribution in [-0.2, 0) is 20.0 Å². The molecule has 0 amide bonds. The molecule has 1 aliphatic rings. The molecule has 2 aromatic carbocycles. The van der Waals surface area contributed by atoms with Crippen molar-refractivity contribution in [3.63, 3.8) is 0 Å². The molecule has 1 fully saturated rings. The minimum absolute atomic E-state index is 0.0871. The number of hydrogen-bond acceptors (Lipinski definition) is 5. The van der Waals surface area contributed by atoms with Gasteiger partial charge in [-0.1, -0.05) is 36.4 Å². The van der Waals surface area contributed by atoms with Crippen LogP contribution >= 0.6 is 0 Å². The Bertz CT molecular complexity index is 1280. The molecule has 164 valence electrons. The zero-order valence-corrected chi connectivity index (χ0v) is 19.0. The molecule has 0 N–H and O–H groups in total. The number of aryl methyl sites for hydroxylation is 1. The molecule has 10 heteroatoms. The third kappa shape index (κ3) is 3.91. The highest BCUT2D eigenvalue weighted by Gasteiger charge is 2.36. The fourth-order valence-corrected chi connectivity index (χ4v) is 7.06. The van der Waals surface area contributed by atoms with Crippen molar-refractivity contribution in [3.05, 3.63) is 72.1 Å². The summed E-state index contributed by atoms with van der Waals surface area (Å²) in [6.07, 6.45) is 0. The van der Waals surface area contributed by atoms with E-state index in [-0.39, 0.29) is 36.0 Å². The molecule has 1 saturated heterocycles. The number of sulfonamides is 2. The van der Waals surface area contributed by atoms with Crippen LogP contribution in [0.3, 0.4) is 0 Å². The van der Waals surface area contributed by atoms with Crippen LogP contribution in [0.25, 0.3) is 5.69 Å². The second kappa shape index (κ2) is 8.19. The SMILES string of the molecule is Cc1nn(-c2ccccc2)c(C)c1S(=O)(=O)N1CCN(S(=O)(=O)c2ccccc2)CC1. The van der Waals surface area contributed by atoms with Gasteiger partial charge in [0.1, 0.15) is 4.90 Å². The highest BCUT2D eigenvalue weighted by molar-refractivity contribution is 7.89. The van der Waals surface area contributed by atoms with Crippen molar-refractivity contribution in [1.29, 1.82) is 0 Å². The number of aromatic nitrogens is 2. The average molecular weight is 461 g/mol. The fourth-order valence-electron chi connectivity index (χ4n) is 3.84. The van der Waals surface area contributed by atoms with E-state index in [1.807, 2.05) is 30.3 Å². The van der Waals surface area contributed by atoms with Crippen LogP contribution < -0.4 is 0 Å². The fraction of sp³-hybridized carbons (Fsp3) is 0.286. The van der Waals surface area contributed by atoms with E-state index < -0.39 is 20.0 Å². The number of para-hydroxylation sites is 1. The van der Waals surface area contributed by atoms with Gasteiger partial charge >= 0.3 is 0 Å². The summed E-state index contributed by atoms with van der Waals surface area (Å²) >= 11 is 0. The molecule has 0 atom stereocenters. The second-order valence-electron chi connectivity index (χ2n) is 7.37. The van der Waals surface area contributed by atoms with Gasteiger partial charge in [-0.05, 0) is 38.1 Å². The number of hydrogen-bond donors (Lipinski definition) is 0. The van der Waals surface area contributed by atoms with Crippen molar-refractivity contribution < 1.29 is 16.8 Å². The zero-order valence-electron chi connectivity index (χ0n) is 17.3. The molecule has 0 aliphatic carbocycles. The Balaban J connectivity index is 1.58. The van der Waals surface area contributed by atoms with Crippen LogP contribution in [0.15, 0.2) is 70.5 Å². The third-order valence-electron chi connectivity index (χ3n) is 5.40. The number of nitrogens with zero attached hydrogens (tertiary/aromatic N) is 4. The van der Waals surface area contributed by atoms with Gasteiger partial charge in [0.2, 0.25) is 20.0 Å². The van der Waals surface area contributed by atoms with E-state index in [4.69, 9.17) is 0 Å². The zero-order chi connectivity index (χ0) is 22.2. The van der Waals surface area contributed by atoms with Gasteiger partial charge in [-0.25, -0.2) is 21.5 Å². The molecule has 2 heterocycles. The van der Waals surface area contributed by atoms with E-state index in [2.05, 4.69) is 5.10 Å². The van der Waals surface area contributed by atoms with E-state index in [0.717, 1.165) is 5.69 Å². The summed E-state index contributed by atoms with van der Waals surface area (Å²) in [6, 6.07) is 17.5. The van der Waals surface area contributed by atoms with Gasteiger partial charge in [-0.2, -0.15) is 13.7 Å². The van der Waals surface area contributed by atoms with Crippen LogP contribution in [0.4, 0.5) is 0 Å². The summed E-state index contributed by atoms with van der Waals surface area (Å²) in [5, 5.41) is 4.44. The van der Waals surface area contributed by atoms with Crippen molar-refractivity contribution >= 4 is 20.0 Å². The Labute approximate surface area is 182 Å². The van der Waals surface area contributed by atoms with Gasteiger partial charge in [-0.3, -0.25) is 0 Å². The summed E-state index contributed by atoms with van der Waals surface area (Å²) in [5.74, 6) is 0. The van der Waals surface area contributed by atoms with Gasteiger partial charge in [0, 0.05) is 26.2 Å². The van der Waals surface area contributed by atoms with E-state index >= 15 is 0 Å². The maximum atomic E-state index is 13.4. The van der Waals surface area contributed by atoms with E-state index in [1.54, 1.807) is 48.9 Å². The molecule has 1 aliphatic heterocycles. The molecular weight excluding hydrogens is 436 g/mol. The third-order valence-corrected chi connectivity index (χ3v) is 9.47. The lowest BCUT2D eigenvalue weighted by atomic mass is 10.3. The van der Waals surface area contributed by atoms with Crippen LogP contribution in [0.1, 0.15) is 11.4 Å².